The molecule has 0 atom stereocenters. The van der Waals surface area contributed by atoms with Gasteiger partial charge in [-0.15, -0.1) is 0 Å². The molecule has 1 aliphatic rings. The van der Waals surface area contributed by atoms with E-state index in [2.05, 4.69) is 21.2 Å². The van der Waals surface area contributed by atoms with Gasteiger partial charge in [0.1, 0.15) is 5.54 Å². The molecule has 1 aromatic rings. The van der Waals surface area contributed by atoms with Gasteiger partial charge in [0, 0.05) is 10.2 Å². The van der Waals surface area contributed by atoms with E-state index in [0.29, 0.717) is 5.02 Å². The Balaban J connectivity index is 2.18. The molecule has 1 fully saturated rings. The Hall–Kier alpha value is -0.740. The molecule has 0 radical (unpaired) electrons. The predicted octanol–water partition coefficient (Wildman–Crippen LogP) is 2.53. The molecule has 2 rings (SSSR count). The fourth-order valence-electron chi connectivity index (χ4n) is 1.41. The van der Waals surface area contributed by atoms with Crippen LogP contribution in [0.15, 0.2) is 22.7 Å². The number of benzene rings is 1. The molecule has 3 nitrogen and oxygen atoms in total. The molecule has 5 heteroatoms. The van der Waals surface area contributed by atoms with Crippen LogP contribution in [0.4, 0.5) is 5.69 Å². The van der Waals surface area contributed by atoms with E-state index in [1.54, 1.807) is 6.07 Å². The van der Waals surface area contributed by atoms with Crippen LogP contribution in [0.1, 0.15) is 12.8 Å². The Kier molecular flexibility index (Phi) is 2.64. The second kappa shape index (κ2) is 3.68. The summed E-state index contributed by atoms with van der Waals surface area (Å²) in [5.41, 5.74) is 5.62. The third kappa shape index (κ3) is 2.11. The van der Waals surface area contributed by atoms with Gasteiger partial charge in [-0.05, 0) is 47.0 Å². The van der Waals surface area contributed by atoms with E-state index in [-0.39, 0.29) is 5.91 Å². The molecular formula is C10H10BrClN2O. The fraction of sp³-hybridized carbons (Fsp3) is 0.300. The summed E-state index contributed by atoms with van der Waals surface area (Å²) in [5.74, 6) is -0.298. The van der Waals surface area contributed by atoms with Crippen molar-refractivity contribution in [2.75, 3.05) is 5.32 Å². The largest absolute Gasteiger partial charge is 0.371 e. The zero-order valence-corrected chi connectivity index (χ0v) is 10.2. The van der Waals surface area contributed by atoms with Gasteiger partial charge in [-0.25, -0.2) is 0 Å². The molecule has 3 N–H and O–H groups in total. The molecule has 1 saturated carbocycles. The molecule has 0 aliphatic heterocycles. The number of primary amides is 1. The lowest BCUT2D eigenvalue weighted by molar-refractivity contribution is -0.119. The van der Waals surface area contributed by atoms with Crippen LogP contribution in [0.3, 0.4) is 0 Å². The van der Waals surface area contributed by atoms with Crippen molar-refractivity contribution in [2.45, 2.75) is 18.4 Å². The number of halogens is 2. The summed E-state index contributed by atoms with van der Waals surface area (Å²) in [4.78, 5) is 11.2. The van der Waals surface area contributed by atoms with Crippen LogP contribution < -0.4 is 11.1 Å². The van der Waals surface area contributed by atoms with Crippen molar-refractivity contribution in [3.8, 4) is 0 Å². The summed E-state index contributed by atoms with van der Waals surface area (Å²) in [6, 6.07) is 5.44. The summed E-state index contributed by atoms with van der Waals surface area (Å²) in [5, 5.41) is 3.78. The predicted molar refractivity (Wildman–Crippen MR) is 63.9 cm³/mol. The number of hydrogen-bond acceptors (Lipinski definition) is 2. The van der Waals surface area contributed by atoms with E-state index in [0.717, 1.165) is 23.0 Å². The highest BCUT2D eigenvalue weighted by Gasteiger charge is 2.48. The number of rotatable bonds is 3. The van der Waals surface area contributed by atoms with Gasteiger partial charge in [-0.1, -0.05) is 11.6 Å². The third-order valence-corrected chi connectivity index (χ3v) is 3.74. The average Bonchev–Trinajstić information content (AvgIpc) is 2.93. The number of hydrogen-bond donors (Lipinski definition) is 2. The van der Waals surface area contributed by atoms with Gasteiger partial charge < -0.3 is 11.1 Å². The summed E-state index contributed by atoms with van der Waals surface area (Å²) >= 11 is 9.19. The first kappa shape index (κ1) is 10.8. The van der Waals surface area contributed by atoms with Crippen LogP contribution in [0.5, 0.6) is 0 Å². The molecular weight excluding hydrogens is 279 g/mol. The Labute approximate surface area is 101 Å². The van der Waals surface area contributed by atoms with Crippen molar-refractivity contribution in [3.63, 3.8) is 0 Å². The molecule has 0 saturated heterocycles. The molecule has 1 aliphatic carbocycles. The molecule has 0 bridgehead atoms. The maximum absolute atomic E-state index is 11.2. The molecule has 1 aromatic carbocycles. The maximum Gasteiger partial charge on any atom is 0.243 e. The van der Waals surface area contributed by atoms with Gasteiger partial charge in [0.05, 0.1) is 5.02 Å². The molecule has 1 amide bonds. The van der Waals surface area contributed by atoms with Crippen LogP contribution in [-0.4, -0.2) is 11.4 Å². The lowest BCUT2D eigenvalue weighted by atomic mass is 10.2. The van der Waals surface area contributed by atoms with Crippen LogP contribution in [-0.2, 0) is 4.79 Å². The minimum Gasteiger partial charge on any atom is -0.371 e. The van der Waals surface area contributed by atoms with E-state index < -0.39 is 5.54 Å². The Morgan fingerprint density at radius 3 is 2.67 bits per heavy atom. The van der Waals surface area contributed by atoms with Crippen LogP contribution in [0.2, 0.25) is 5.02 Å². The van der Waals surface area contributed by atoms with E-state index >= 15 is 0 Å². The van der Waals surface area contributed by atoms with Gasteiger partial charge in [-0.3, -0.25) is 4.79 Å². The smallest absolute Gasteiger partial charge is 0.243 e. The van der Waals surface area contributed by atoms with Gasteiger partial charge in [0.2, 0.25) is 5.91 Å². The minimum absolute atomic E-state index is 0.298. The Bertz CT molecular complexity index is 418. The first-order chi connectivity index (χ1) is 7.03. The van der Waals surface area contributed by atoms with Gasteiger partial charge in [0.25, 0.3) is 0 Å². The van der Waals surface area contributed by atoms with E-state index in [1.165, 1.54) is 0 Å². The van der Waals surface area contributed by atoms with Gasteiger partial charge in [0.15, 0.2) is 0 Å². The molecule has 80 valence electrons. The highest BCUT2D eigenvalue weighted by molar-refractivity contribution is 9.10. The number of amides is 1. The quantitative estimate of drug-likeness (QED) is 0.898. The Morgan fingerprint density at radius 1 is 1.53 bits per heavy atom. The van der Waals surface area contributed by atoms with Gasteiger partial charge >= 0.3 is 0 Å². The zero-order chi connectivity index (χ0) is 11.1. The highest BCUT2D eigenvalue weighted by atomic mass is 79.9. The lowest BCUT2D eigenvalue weighted by Gasteiger charge is -2.15. The topological polar surface area (TPSA) is 55.1 Å². The SMILES string of the molecule is NC(=O)C1(Nc2ccc(Cl)c(Br)c2)CC1. The number of nitrogens with one attached hydrogen (secondary N) is 1. The normalized spacial score (nSPS) is 17.2. The van der Waals surface area contributed by atoms with E-state index in [4.69, 9.17) is 17.3 Å². The first-order valence-electron chi connectivity index (χ1n) is 4.57. The first-order valence-corrected chi connectivity index (χ1v) is 5.74. The summed E-state index contributed by atoms with van der Waals surface area (Å²) < 4.78 is 0.800. The molecule has 0 aromatic heterocycles. The number of nitrogens with two attached hydrogens (primary N) is 1. The van der Waals surface area contributed by atoms with E-state index in [1.807, 2.05) is 12.1 Å². The standard InChI is InChI=1S/C10H10BrClN2O/c11-7-5-6(1-2-8(7)12)14-10(3-4-10)9(13)15/h1-2,5,14H,3-4H2,(H2,13,15). The zero-order valence-electron chi connectivity index (χ0n) is 7.89. The molecule has 0 heterocycles. The second-order valence-electron chi connectivity index (χ2n) is 3.70. The van der Waals surface area contributed by atoms with Crippen LogP contribution in [0.25, 0.3) is 0 Å². The van der Waals surface area contributed by atoms with E-state index in [9.17, 15) is 4.79 Å². The number of anilines is 1. The van der Waals surface area contributed by atoms with Crippen molar-refractivity contribution in [3.05, 3.63) is 27.7 Å². The summed E-state index contributed by atoms with van der Waals surface area (Å²) in [6.45, 7) is 0. The summed E-state index contributed by atoms with van der Waals surface area (Å²) in [6.07, 6.45) is 1.59. The van der Waals surface area contributed by atoms with Crippen molar-refractivity contribution in [1.29, 1.82) is 0 Å². The van der Waals surface area contributed by atoms with Crippen molar-refractivity contribution >= 4 is 39.1 Å². The fourth-order valence-corrected chi connectivity index (χ4v) is 1.90. The van der Waals surface area contributed by atoms with Crippen LogP contribution in [0, 0.1) is 0 Å². The Morgan fingerprint density at radius 2 is 2.20 bits per heavy atom. The average molecular weight is 290 g/mol. The van der Waals surface area contributed by atoms with Gasteiger partial charge in [-0.2, -0.15) is 0 Å². The van der Waals surface area contributed by atoms with Crippen LogP contribution >= 0.6 is 27.5 Å². The highest BCUT2D eigenvalue weighted by Crippen LogP contribution is 2.39. The monoisotopic (exact) mass is 288 g/mol. The molecule has 15 heavy (non-hydrogen) atoms. The summed E-state index contributed by atoms with van der Waals surface area (Å²) in [7, 11) is 0. The second-order valence-corrected chi connectivity index (χ2v) is 4.96. The van der Waals surface area contributed by atoms with Crippen molar-refractivity contribution < 1.29 is 4.79 Å². The molecule has 0 spiro atoms. The minimum atomic E-state index is -0.534. The number of carbonyl (C=O) groups is 1. The van der Waals surface area contributed by atoms with Crippen molar-refractivity contribution in [1.82, 2.24) is 0 Å². The van der Waals surface area contributed by atoms with Crippen molar-refractivity contribution in [2.24, 2.45) is 5.73 Å². The third-order valence-electron chi connectivity index (χ3n) is 2.52. The number of carbonyl (C=O) groups excluding carboxylic acids is 1. The molecule has 0 unspecified atom stereocenters. The maximum atomic E-state index is 11.2. The lowest BCUT2D eigenvalue weighted by Crippen LogP contribution is -2.37.